The monoisotopic (exact) mass is 293 g/mol. The molecule has 0 amide bonds. The van der Waals surface area contributed by atoms with E-state index in [4.69, 9.17) is 4.55 Å². The summed E-state index contributed by atoms with van der Waals surface area (Å²) in [5, 5.41) is 2.02. The average molecular weight is 293 g/mol. The van der Waals surface area contributed by atoms with Crippen LogP contribution < -0.4 is 5.32 Å². The van der Waals surface area contributed by atoms with Gasteiger partial charge in [-0.05, 0) is 20.3 Å². The maximum Gasteiger partial charge on any atom is 0.280 e. The van der Waals surface area contributed by atoms with Gasteiger partial charge in [0.2, 0.25) is 0 Å². The first kappa shape index (κ1) is 18.9. The number of unbranched alkanes of at least 4 members (excludes halogenated alkanes) is 7. The molecule has 0 saturated heterocycles. The van der Waals surface area contributed by atoms with Crippen molar-refractivity contribution in [2.45, 2.75) is 90.0 Å². The quantitative estimate of drug-likeness (QED) is 0.425. The van der Waals surface area contributed by atoms with Gasteiger partial charge in [-0.25, -0.2) is 0 Å². The molecule has 2 atom stereocenters. The summed E-state index contributed by atoms with van der Waals surface area (Å²) >= 11 is 0. The maximum absolute atomic E-state index is 10.9. The molecule has 0 bridgehead atoms. The maximum atomic E-state index is 10.9. The lowest BCUT2D eigenvalue weighted by molar-refractivity contribution is 0.423. The molecule has 0 aromatic rings. The highest BCUT2D eigenvalue weighted by molar-refractivity contribution is 7.86. The fraction of sp³-hybridized carbons (Fsp3) is 1.00. The second kappa shape index (κ2) is 10.6. The van der Waals surface area contributed by atoms with Gasteiger partial charge in [-0.2, -0.15) is 8.42 Å². The molecule has 19 heavy (non-hydrogen) atoms. The summed E-state index contributed by atoms with van der Waals surface area (Å²) in [6, 6.07) is 0.122. The standard InChI is InChI=1S/C14H31NO3S/c1-4-5-6-7-8-9-10-11-12-13(2)15-14(3)19(16,17)18/h13-15H,4-12H2,1-3H3,(H,16,17,18). The van der Waals surface area contributed by atoms with E-state index in [0.717, 1.165) is 12.8 Å². The zero-order chi connectivity index (χ0) is 14.7. The molecule has 0 aromatic heterocycles. The Morgan fingerprint density at radius 3 is 1.89 bits per heavy atom. The Kier molecular flexibility index (Phi) is 10.6. The predicted molar refractivity (Wildman–Crippen MR) is 80.8 cm³/mol. The summed E-state index contributed by atoms with van der Waals surface area (Å²) in [6.45, 7) is 5.66. The van der Waals surface area contributed by atoms with Crippen LogP contribution in [0.2, 0.25) is 0 Å². The first-order chi connectivity index (χ1) is 8.88. The van der Waals surface area contributed by atoms with Gasteiger partial charge in [-0.15, -0.1) is 0 Å². The van der Waals surface area contributed by atoms with Crippen LogP contribution in [0.25, 0.3) is 0 Å². The third kappa shape index (κ3) is 11.4. The molecular formula is C14H31NO3S. The normalized spacial score (nSPS) is 15.4. The van der Waals surface area contributed by atoms with Crippen LogP contribution in [-0.2, 0) is 10.1 Å². The molecule has 2 unspecified atom stereocenters. The Bertz CT molecular complexity index is 304. The summed E-state index contributed by atoms with van der Waals surface area (Å²) in [7, 11) is -3.96. The van der Waals surface area contributed by atoms with E-state index in [1.807, 2.05) is 6.92 Å². The van der Waals surface area contributed by atoms with E-state index >= 15 is 0 Å². The zero-order valence-electron chi connectivity index (χ0n) is 12.7. The van der Waals surface area contributed by atoms with Gasteiger partial charge in [0.1, 0.15) is 5.37 Å². The Balaban J connectivity index is 3.46. The molecule has 0 aromatic carbocycles. The van der Waals surface area contributed by atoms with E-state index in [1.54, 1.807) is 0 Å². The fourth-order valence-corrected chi connectivity index (χ4v) is 2.56. The molecule has 2 N–H and O–H groups in total. The predicted octanol–water partition coefficient (Wildman–Crippen LogP) is 3.73. The molecule has 4 nitrogen and oxygen atoms in total. The van der Waals surface area contributed by atoms with Crippen LogP contribution in [0, 0.1) is 0 Å². The molecule has 0 aliphatic rings. The van der Waals surface area contributed by atoms with Gasteiger partial charge in [-0.1, -0.05) is 58.3 Å². The molecule has 0 radical (unpaired) electrons. The average Bonchev–Trinajstić information content (AvgIpc) is 2.31. The van der Waals surface area contributed by atoms with E-state index in [9.17, 15) is 8.42 Å². The van der Waals surface area contributed by atoms with Gasteiger partial charge in [0.25, 0.3) is 10.1 Å². The highest BCUT2D eigenvalue weighted by atomic mass is 32.2. The molecule has 0 aliphatic heterocycles. The van der Waals surface area contributed by atoms with E-state index in [2.05, 4.69) is 12.2 Å². The lowest BCUT2D eigenvalue weighted by Gasteiger charge is -2.17. The van der Waals surface area contributed by atoms with Crippen molar-refractivity contribution in [3.63, 3.8) is 0 Å². The highest BCUT2D eigenvalue weighted by Gasteiger charge is 2.18. The number of rotatable bonds is 12. The van der Waals surface area contributed by atoms with Crippen molar-refractivity contribution in [1.29, 1.82) is 0 Å². The lowest BCUT2D eigenvalue weighted by Crippen LogP contribution is -2.39. The number of hydrogen-bond acceptors (Lipinski definition) is 3. The summed E-state index contributed by atoms with van der Waals surface area (Å²) in [5.74, 6) is 0. The van der Waals surface area contributed by atoms with Crippen LogP contribution in [0.3, 0.4) is 0 Å². The third-order valence-electron chi connectivity index (χ3n) is 3.46. The third-order valence-corrected chi connectivity index (χ3v) is 4.49. The minimum atomic E-state index is -3.96. The summed E-state index contributed by atoms with van der Waals surface area (Å²) in [5.41, 5.74) is 0. The van der Waals surface area contributed by atoms with Crippen LogP contribution in [0.15, 0.2) is 0 Å². The van der Waals surface area contributed by atoms with E-state index in [-0.39, 0.29) is 6.04 Å². The van der Waals surface area contributed by atoms with Crippen molar-refractivity contribution in [2.75, 3.05) is 0 Å². The topological polar surface area (TPSA) is 66.4 Å². The molecule has 0 heterocycles. The van der Waals surface area contributed by atoms with E-state index in [1.165, 1.54) is 51.9 Å². The molecule has 116 valence electrons. The van der Waals surface area contributed by atoms with E-state index in [0.29, 0.717) is 0 Å². The van der Waals surface area contributed by atoms with Crippen molar-refractivity contribution in [1.82, 2.24) is 5.32 Å². The van der Waals surface area contributed by atoms with Gasteiger partial charge in [0, 0.05) is 6.04 Å². The smallest absolute Gasteiger partial charge is 0.280 e. The second-order valence-corrected chi connectivity index (χ2v) is 7.23. The molecule has 0 spiro atoms. The summed E-state index contributed by atoms with van der Waals surface area (Å²) in [6.07, 6.45) is 11.2. The van der Waals surface area contributed by atoms with E-state index < -0.39 is 15.5 Å². The van der Waals surface area contributed by atoms with Crippen LogP contribution in [0.4, 0.5) is 0 Å². The van der Waals surface area contributed by atoms with Crippen molar-refractivity contribution in [3.05, 3.63) is 0 Å². The van der Waals surface area contributed by atoms with Gasteiger partial charge < -0.3 is 0 Å². The summed E-state index contributed by atoms with van der Waals surface area (Å²) < 4.78 is 30.6. The minimum Gasteiger partial charge on any atom is -0.297 e. The van der Waals surface area contributed by atoms with Crippen LogP contribution in [-0.4, -0.2) is 24.4 Å². The first-order valence-electron chi connectivity index (χ1n) is 7.60. The van der Waals surface area contributed by atoms with Crippen LogP contribution in [0.5, 0.6) is 0 Å². The second-order valence-electron chi connectivity index (χ2n) is 5.49. The van der Waals surface area contributed by atoms with Crippen molar-refractivity contribution < 1.29 is 13.0 Å². The van der Waals surface area contributed by atoms with Gasteiger partial charge in [-0.3, -0.25) is 9.87 Å². The van der Waals surface area contributed by atoms with Crippen molar-refractivity contribution in [2.24, 2.45) is 0 Å². The fourth-order valence-electron chi connectivity index (χ4n) is 2.15. The molecule has 0 aliphatic carbocycles. The minimum absolute atomic E-state index is 0.122. The Morgan fingerprint density at radius 2 is 1.42 bits per heavy atom. The Morgan fingerprint density at radius 1 is 0.947 bits per heavy atom. The number of nitrogens with one attached hydrogen (secondary N) is 1. The number of hydrogen-bond donors (Lipinski definition) is 2. The Labute approximate surface area is 119 Å². The molecule has 0 saturated carbocycles. The zero-order valence-corrected chi connectivity index (χ0v) is 13.5. The van der Waals surface area contributed by atoms with Crippen molar-refractivity contribution in [3.8, 4) is 0 Å². The largest absolute Gasteiger partial charge is 0.297 e. The van der Waals surface area contributed by atoms with Crippen LogP contribution >= 0.6 is 0 Å². The Hall–Kier alpha value is -0.130. The molecule has 0 rings (SSSR count). The van der Waals surface area contributed by atoms with Crippen LogP contribution in [0.1, 0.15) is 78.6 Å². The van der Waals surface area contributed by atoms with Gasteiger partial charge >= 0.3 is 0 Å². The summed E-state index contributed by atoms with van der Waals surface area (Å²) in [4.78, 5) is 0. The first-order valence-corrected chi connectivity index (χ1v) is 9.10. The van der Waals surface area contributed by atoms with Gasteiger partial charge in [0.05, 0.1) is 0 Å². The van der Waals surface area contributed by atoms with Gasteiger partial charge in [0.15, 0.2) is 0 Å². The molecule has 0 fully saturated rings. The lowest BCUT2D eigenvalue weighted by atomic mass is 10.1. The molecular weight excluding hydrogens is 262 g/mol. The SMILES string of the molecule is CCCCCCCCCCC(C)NC(C)S(=O)(=O)O. The van der Waals surface area contributed by atoms with Crippen molar-refractivity contribution >= 4 is 10.1 Å². The molecule has 5 heteroatoms. The highest BCUT2D eigenvalue weighted by Crippen LogP contribution is 2.11.